The van der Waals surface area contributed by atoms with Crippen LogP contribution in [0.1, 0.15) is 10.4 Å². The average molecular weight is 637 g/mol. The van der Waals surface area contributed by atoms with Crippen LogP contribution in [0.15, 0.2) is 109 Å². The second-order valence-electron chi connectivity index (χ2n) is 9.83. The summed E-state index contributed by atoms with van der Waals surface area (Å²) in [5.41, 5.74) is 5.30. The van der Waals surface area contributed by atoms with E-state index in [9.17, 15) is 4.79 Å². The number of fused-ring (bicyclic) bond motifs is 1. The standard InChI is InChI=1S/C33H20Cl3N7O/c34-22-13-11-20(12-14-22)29-28-30(38-32(44)21-9-5-2-6-10-21)40-41-31(28)39-33(37-29)43-27(19-7-3-1-4-8-19)18-26(42-43)24-16-15-23(35)17-25(24)36/h1-18H,(H2,37,38,39,40,41,44). The summed E-state index contributed by atoms with van der Waals surface area (Å²) in [6.07, 6.45) is 0. The fraction of sp³-hybridized carbons (Fsp3) is 0. The molecule has 0 unspecified atom stereocenters. The van der Waals surface area contributed by atoms with Gasteiger partial charge in [-0.05, 0) is 48.5 Å². The van der Waals surface area contributed by atoms with Gasteiger partial charge in [0.25, 0.3) is 5.91 Å². The second-order valence-corrected chi connectivity index (χ2v) is 11.1. The zero-order chi connectivity index (χ0) is 30.2. The van der Waals surface area contributed by atoms with Gasteiger partial charge in [0.1, 0.15) is 0 Å². The van der Waals surface area contributed by atoms with Gasteiger partial charge < -0.3 is 10.3 Å². The molecule has 2 aliphatic rings. The molecule has 0 radical (unpaired) electrons. The first-order chi connectivity index (χ1) is 21.4. The van der Waals surface area contributed by atoms with Crippen molar-refractivity contribution in [3.8, 4) is 51.1 Å². The summed E-state index contributed by atoms with van der Waals surface area (Å²) in [4.78, 5) is 21.4. The molecule has 0 saturated carbocycles. The summed E-state index contributed by atoms with van der Waals surface area (Å²) in [6, 6.07) is 33.2. The molecule has 7 rings (SSSR count). The van der Waals surface area contributed by atoms with Crippen LogP contribution in [-0.2, 0) is 0 Å². The van der Waals surface area contributed by atoms with Gasteiger partial charge in [-0.1, -0.05) is 95.5 Å². The normalized spacial score (nSPS) is 11.2. The van der Waals surface area contributed by atoms with Gasteiger partial charge in [0.2, 0.25) is 5.95 Å². The molecule has 214 valence electrons. The van der Waals surface area contributed by atoms with Crippen molar-refractivity contribution in [2.45, 2.75) is 0 Å². The topological polar surface area (TPSA) is 101 Å². The molecule has 2 aliphatic heterocycles. The number of aromatic nitrogens is 6. The van der Waals surface area contributed by atoms with Gasteiger partial charge in [-0.15, -0.1) is 10.2 Å². The maximum Gasteiger partial charge on any atom is 0.256 e. The Morgan fingerprint density at radius 1 is 0.750 bits per heavy atom. The molecule has 0 bridgehead atoms. The number of benzene rings is 4. The fourth-order valence-electron chi connectivity index (χ4n) is 4.88. The van der Waals surface area contributed by atoms with Gasteiger partial charge in [0.05, 0.1) is 27.7 Å². The Bertz CT molecular complexity index is 2090. The van der Waals surface area contributed by atoms with E-state index in [1.807, 2.05) is 60.7 Å². The first-order valence-electron chi connectivity index (χ1n) is 13.4. The van der Waals surface area contributed by atoms with Crippen molar-refractivity contribution in [1.82, 2.24) is 29.9 Å². The highest BCUT2D eigenvalue weighted by Gasteiger charge is 2.26. The summed E-state index contributed by atoms with van der Waals surface area (Å²) in [5, 5.41) is 18.1. The Labute approximate surface area is 266 Å². The minimum Gasteiger partial charge on any atom is -0.307 e. The van der Waals surface area contributed by atoms with Crippen LogP contribution >= 0.6 is 34.8 Å². The maximum atomic E-state index is 13.1. The van der Waals surface area contributed by atoms with Crippen LogP contribution in [0.2, 0.25) is 15.1 Å². The van der Waals surface area contributed by atoms with E-state index in [1.165, 1.54) is 0 Å². The fourth-order valence-corrected chi connectivity index (χ4v) is 5.51. The van der Waals surface area contributed by atoms with E-state index in [-0.39, 0.29) is 11.7 Å². The Morgan fingerprint density at radius 3 is 2.18 bits per heavy atom. The van der Waals surface area contributed by atoms with Gasteiger partial charge in [0.15, 0.2) is 11.6 Å². The Balaban J connectivity index is 1.42. The summed E-state index contributed by atoms with van der Waals surface area (Å²) >= 11 is 19.0. The Hall–Kier alpha value is -5.02. The van der Waals surface area contributed by atoms with Crippen molar-refractivity contribution >= 4 is 46.5 Å². The van der Waals surface area contributed by atoms with Crippen molar-refractivity contribution in [3.05, 3.63) is 130 Å². The quantitative estimate of drug-likeness (QED) is 0.190. The van der Waals surface area contributed by atoms with Gasteiger partial charge >= 0.3 is 0 Å². The molecule has 0 spiro atoms. The third-order valence-corrected chi connectivity index (χ3v) is 7.78. The van der Waals surface area contributed by atoms with Crippen LogP contribution in [0.5, 0.6) is 0 Å². The first-order valence-corrected chi connectivity index (χ1v) is 14.6. The molecule has 8 nitrogen and oxygen atoms in total. The number of carbonyl (C=O) groups is 1. The molecular formula is C33H20Cl3N7O. The second kappa shape index (κ2) is 11.6. The number of hydrogen-bond acceptors (Lipinski definition) is 5. The minimum atomic E-state index is -0.318. The number of H-pyrrole nitrogens is 1. The van der Waals surface area contributed by atoms with Gasteiger partial charge in [-0.2, -0.15) is 9.78 Å². The summed E-state index contributed by atoms with van der Waals surface area (Å²) in [7, 11) is 0. The lowest BCUT2D eigenvalue weighted by Crippen LogP contribution is -2.13. The molecule has 5 aromatic rings. The van der Waals surface area contributed by atoms with E-state index >= 15 is 0 Å². The summed E-state index contributed by atoms with van der Waals surface area (Å²) in [5.74, 6) is 0.732. The molecular weight excluding hydrogens is 617 g/mol. The van der Waals surface area contributed by atoms with Crippen LogP contribution in [0, 0.1) is 0 Å². The van der Waals surface area contributed by atoms with Crippen molar-refractivity contribution in [2.24, 2.45) is 0 Å². The predicted octanol–water partition coefficient (Wildman–Crippen LogP) is 8.70. The monoisotopic (exact) mass is 635 g/mol. The molecule has 1 aromatic heterocycles. The van der Waals surface area contributed by atoms with E-state index in [2.05, 4.69) is 20.5 Å². The lowest BCUT2D eigenvalue weighted by atomic mass is 10.1. The van der Waals surface area contributed by atoms with E-state index in [0.717, 1.165) is 16.8 Å². The van der Waals surface area contributed by atoms with Crippen LogP contribution in [-0.4, -0.2) is 35.9 Å². The molecule has 3 heterocycles. The van der Waals surface area contributed by atoms with Crippen LogP contribution < -0.4 is 5.32 Å². The number of aromatic amines is 1. The third kappa shape index (κ3) is 5.31. The average Bonchev–Trinajstić information content (AvgIpc) is 3.67. The highest BCUT2D eigenvalue weighted by molar-refractivity contribution is 6.36. The molecule has 44 heavy (non-hydrogen) atoms. The zero-order valence-corrected chi connectivity index (χ0v) is 24.9. The van der Waals surface area contributed by atoms with Crippen LogP contribution in [0.4, 0.5) is 5.82 Å². The van der Waals surface area contributed by atoms with Crippen LogP contribution in [0.3, 0.4) is 0 Å². The third-order valence-electron chi connectivity index (χ3n) is 6.98. The first kappa shape index (κ1) is 27.8. The molecule has 0 saturated heterocycles. The van der Waals surface area contributed by atoms with E-state index < -0.39 is 0 Å². The lowest BCUT2D eigenvalue weighted by Gasteiger charge is -2.14. The molecule has 2 N–H and O–H groups in total. The van der Waals surface area contributed by atoms with Crippen molar-refractivity contribution in [3.63, 3.8) is 0 Å². The molecule has 1 amide bonds. The van der Waals surface area contributed by atoms with E-state index in [0.29, 0.717) is 54.9 Å². The number of hydrogen-bond donors (Lipinski definition) is 2. The van der Waals surface area contributed by atoms with Crippen LogP contribution in [0.25, 0.3) is 51.1 Å². The number of nitrogens with zero attached hydrogens (tertiary/aromatic N) is 5. The SMILES string of the molecule is O=C(Nc1nnc2[nH]c(-n3nc(-c4ccc(Cl)cc4Cl)cc3-c3ccccc3)nc(-c3ccc(Cl)cc3)c1-2)c1ccccc1. The number of nitrogens with one attached hydrogen (secondary N) is 2. The van der Waals surface area contributed by atoms with E-state index in [4.69, 9.17) is 44.9 Å². The lowest BCUT2D eigenvalue weighted by molar-refractivity contribution is 0.102. The largest absolute Gasteiger partial charge is 0.307 e. The maximum absolute atomic E-state index is 13.1. The number of carbonyl (C=O) groups excluding carboxylic acids is 1. The minimum absolute atomic E-state index is 0.270. The highest BCUT2D eigenvalue weighted by Crippen LogP contribution is 2.38. The Morgan fingerprint density at radius 2 is 1.45 bits per heavy atom. The predicted molar refractivity (Wildman–Crippen MR) is 174 cm³/mol. The number of rotatable bonds is 6. The zero-order valence-electron chi connectivity index (χ0n) is 22.7. The molecule has 0 fully saturated rings. The molecule has 4 aromatic carbocycles. The number of amides is 1. The Kier molecular flexibility index (Phi) is 7.31. The van der Waals surface area contributed by atoms with Gasteiger partial charge in [-0.25, -0.2) is 4.98 Å². The van der Waals surface area contributed by atoms with Crippen molar-refractivity contribution < 1.29 is 4.79 Å². The summed E-state index contributed by atoms with van der Waals surface area (Å²) in [6.45, 7) is 0. The molecule has 0 atom stereocenters. The number of halogens is 3. The van der Waals surface area contributed by atoms with E-state index in [1.54, 1.807) is 53.2 Å². The smallest absolute Gasteiger partial charge is 0.256 e. The molecule has 0 aliphatic carbocycles. The number of anilines is 1. The van der Waals surface area contributed by atoms with Crippen molar-refractivity contribution in [1.29, 1.82) is 0 Å². The van der Waals surface area contributed by atoms with Crippen molar-refractivity contribution in [2.75, 3.05) is 5.32 Å². The van der Waals surface area contributed by atoms with Gasteiger partial charge in [0, 0.05) is 32.3 Å². The summed E-state index contributed by atoms with van der Waals surface area (Å²) < 4.78 is 1.70. The van der Waals surface area contributed by atoms with Gasteiger partial charge in [-0.3, -0.25) is 4.79 Å². The highest BCUT2D eigenvalue weighted by atomic mass is 35.5. The molecule has 11 heteroatoms.